The molecular formula is C28H26F3N3O3. The first-order chi connectivity index (χ1) is 17.4. The van der Waals surface area contributed by atoms with E-state index in [1.54, 1.807) is 6.92 Å². The molecule has 1 unspecified atom stereocenters. The molecule has 1 heterocycles. The summed E-state index contributed by atoms with van der Waals surface area (Å²) in [5.41, 5.74) is 7.04. The van der Waals surface area contributed by atoms with Gasteiger partial charge in [-0.25, -0.2) is 4.98 Å². The molecule has 0 aliphatic carbocycles. The van der Waals surface area contributed by atoms with Gasteiger partial charge in [-0.2, -0.15) is 13.2 Å². The van der Waals surface area contributed by atoms with Crippen LogP contribution in [0.15, 0.2) is 79.0 Å². The molecule has 0 radical (unpaired) electrons. The molecular weight excluding hydrogens is 483 g/mol. The van der Waals surface area contributed by atoms with Crippen LogP contribution in [0.3, 0.4) is 0 Å². The van der Waals surface area contributed by atoms with Crippen LogP contribution in [0, 0.1) is 0 Å². The summed E-state index contributed by atoms with van der Waals surface area (Å²) in [5.74, 6) is -1.26. The smallest absolute Gasteiger partial charge is 0.419 e. The van der Waals surface area contributed by atoms with Crippen LogP contribution in [0.25, 0.3) is 22.4 Å². The van der Waals surface area contributed by atoms with Gasteiger partial charge in [0.25, 0.3) is 0 Å². The van der Waals surface area contributed by atoms with E-state index in [1.807, 2.05) is 54.6 Å². The molecule has 0 bridgehead atoms. The molecule has 192 valence electrons. The summed E-state index contributed by atoms with van der Waals surface area (Å²) in [6, 6.07) is 21.0. The largest absolute Gasteiger partial charge is 0.485 e. The molecule has 0 spiro atoms. The zero-order valence-corrected chi connectivity index (χ0v) is 20.2. The summed E-state index contributed by atoms with van der Waals surface area (Å²) in [4.78, 5) is 18.0. The minimum absolute atomic E-state index is 0.159. The Morgan fingerprint density at radius 1 is 1.03 bits per heavy atom. The number of hydrogen-bond donors (Lipinski definition) is 3. The van der Waals surface area contributed by atoms with Crippen molar-refractivity contribution < 1.29 is 27.8 Å². The minimum Gasteiger partial charge on any atom is -0.485 e. The number of carboxylic acid groups (broad SMARTS) is 1. The zero-order chi connectivity index (χ0) is 26.8. The van der Waals surface area contributed by atoms with E-state index in [1.165, 1.54) is 25.3 Å². The van der Waals surface area contributed by atoms with E-state index in [9.17, 15) is 18.0 Å². The Morgan fingerprint density at radius 3 is 2.27 bits per heavy atom. The van der Waals surface area contributed by atoms with Crippen molar-refractivity contribution in [3.8, 4) is 28.1 Å². The van der Waals surface area contributed by atoms with E-state index in [4.69, 9.17) is 15.6 Å². The molecule has 4 rings (SSSR count). The van der Waals surface area contributed by atoms with E-state index in [2.05, 4.69) is 9.97 Å². The van der Waals surface area contributed by atoms with Gasteiger partial charge in [0, 0.05) is 5.56 Å². The zero-order valence-electron chi connectivity index (χ0n) is 20.2. The van der Waals surface area contributed by atoms with Gasteiger partial charge in [0.15, 0.2) is 0 Å². The summed E-state index contributed by atoms with van der Waals surface area (Å²) in [6.07, 6.45) is -4.37. The molecule has 0 saturated heterocycles. The summed E-state index contributed by atoms with van der Waals surface area (Å²) >= 11 is 0. The summed E-state index contributed by atoms with van der Waals surface area (Å²) in [6.45, 7) is 3.17. The van der Waals surface area contributed by atoms with Gasteiger partial charge < -0.3 is 20.6 Å². The number of aromatic nitrogens is 2. The number of alkyl halides is 3. The molecule has 9 heteroatoms. The van der Waals surface area contributed by atoms with Crippen LogP contribution in [0.1, 0.15) is 43.3 Å². The lowest BCUT2D eigenvalue weighted by Crippen LogP contribution is -2.36. The minimum atomic E-state index is -4.67. The first-order valence-corrected chi connectivity index (χ1v) is 11.5. The third-order valence-electron chi connectivity index (χ3n) is 6.02. The molecule has 37 heavy (non-hydrogen) atoms. The number of aromatic amines is 1. The lowest BCUT2D eigenvalue weighted by atomic mass is 9.99. The predicted octanol–water partition coefficient (Wildman–Crippen LogP) is 6.55. The van der Waals surface area contributed by atoms with E-state index < -0.39 is 35.8 Å². The Morgan fingerprint density at radius 2 is 1.65 bits per heavy atom. The average Bonchev–Trinajstić information content (AvgIpc) is 3.35. The average molecular weight is 510 g/mol. The Kier molecular flexibility index (Phi) is 7.09. The number of halogens is 3. The van der Waals surface area contributed by atoms with E-state index in [0.29, 0.717) is 0 Å². The highest BCUT2D eigenvalue weighted by Crippen LogP contribution is 2.40. The van der Waals surface area contributed by atoms with Gasteiger partial charge in [-0.1, -0.05) is 54.6 Å². The van der Waals surface area contributed by atoms with Crippen LogP contribution in [0.5, 0.6) is 5.75 Å². The monoisotopic (exact) mass is 509 g/mol. The maximum absolute atomic E-state index is 14.0. The number of aliphatic carboxylic acids is 1. The van der Waals surface area contributed by atoms with Crippen molar-refractivity contribution in [1.82, 2.24) is 9.97 Å². The molecule has 0 fully saturated rings. The molecule has 0 aliphatic heterocycles. The van der Waals surface area contributed by atoms with E-state index in [-0.39, 0.29) is 22.8 Å². The maximum Gasteiger partial charge on any atom is 0.419 e. The number of H-pyrrole nitrogens is 1. The van der Waals surface area contributed by atoms with Crippen molar-refractivity contribution >= 4 is 5.97 Å². The van der Waals surface area contributed by atoms with E-state index in [0.717, 1.165) is 22.8 Å². The predicted molar refractivity (Wildman–Crippen MR) is 134 cm³/mol. The van der Waals surface area contributed by atoms with Gasteiger partial charge in [-0.05, 0) is 48.7 Å². The first kappa shape index (κ1) is 26.0. The summed E-state index contributed by atoms with van der Waals surface area (Å²) < 4.78 is 47.7. The second kappa shape index (κ2) is 10.1. The Bertz CT molecular complexity index is 1380. The number of nitrogens with two attached hydrogens (primary N) is 1. The van der Waals surface area contributed by atoms with E-state index >= 15 is 0 Å². The van der Waals surface area contributed by atoms with Crippen molar-refractivity contribution in [3.05, 3.63) is 95.9 Å². The summed E-state index contributed by atoms with van der Waals surface area (Å²) in [5, 5.41) is 9.05. The number of nitrogens with one attached hydrogen (secondary N) is 1. The number of carbonyl (C=O) groups is 1. The lowest BCUT2D eigenvalue weighted by molar-refractivity contribution is -0.139. The molecule has 0 amide bonds. The molecule has 4 N–H and O–H groups in total. The Hall–Kier alpha value is -4.11. The van der Waals surface area contributed by atoms with Crippen molar-refractivity contribution in [1.29, 1.82) is 0 Å². The number of ether oxygens (including phenoxy) is 1. The van der Waals surface area contributed by atoms with Crippen LogP contribution in [-0.2, 0) is 16.5 Å². The second-order valence-electron chi connectivity index (χ2n) is 9.09. The molecule has 6 nitrogen and oxygen atoms in total. The van der Waals surface area contributed by atoms with Gasteiger partial charge in [0.2, 0.25) is 0 Å². The highest BCUT2D eigenvalue weighted by atomic mass is 19.4. The van der Waals surface area contributed by atoms with Crippen LogP contribution in [0.4, 0.5) is 13.2 Å². The van der Waals surface area contributed by atoms with Gasteiger partial charge in [0.1, 0.15) is 17.7 Å². The molecule has 4 aromatic rings. The quantitative estimate of drug-likeness (QED) is 0.250. The standard InChI is InChI=1S/C28H26F3N3O3/c1-17(18-8-10-20(11-9-18)19-6-4-3-5-7-19)37-24-13-12-21(14-22(24)28(29,30)31)23-16-33-26(34-23)27(2,32)15-25(35)36/h3-14,16-17H,15,32H2,1-2H3,(H,33,34)(H,35,36)/t17?,27-/m0/s1. The summed E-state index contributed by atoms with van der Waals surface area (Å²) in [7, 11) is 0. The van der Waals surface area contributed by atoms with Crippen LogP contribution in [-0.4, -0.2) is 21.0 Å². The Balaban J connectivity index is 1.58. The third-order valence-corrected chi connectivity index (χ3v) is 6.02. The number of rotatable bonds is 8. The topological polar surface area (TPSA) is 101 Å². The maximum atomic E-state index is 14.0. The highest BCUT2D eigenvalue weighted by Gasteiger charge is 2.36. The van der Waals surface area contributed by atoms with Gasteiger partial charge in [-0.3, -0.25) is 4.79 Å². The fraction of sp³-hybridized carbons (Fsp3) is 0.214. The fourth-order valence-electron chi connectivity index (χ4n) is 4.01. The molecule has 3 aromatic carbocycles. The molecule has 2 atom stereocenters. The first-order valence-electron chi connectivity index (χ1n) is 11.5. The van der Waals surface area contributed by atoms with Gasteiger partial charge in [0.05, 0.1) is 29.4 Å². The second-order valence-corrected chi connectivity index (χ2v) is 9.09. The number of benzene rings is 3. The van der Waals surface area contributed by atoms with Crippen molar-refractivity contribution in [2.24, 2.45) is 5.73 Å². The number of hydrogen-bond acceptors (Lipinski definition) is 4. The van der Waals surface area contributed by atoms with Crippen molar-refractivity contribution in [2.45, 2.75) is 38.1 Å². The number of imidazole rings is 1. The Labute approximate surface area is 211 Å². The van der Waals surface area contributed by atoms with Crippen molar-refractivity contribution in [2.75, 3.05) is 0 Å². The van der Waals surface area contributed by atoms with Crippen LogP contribution < -0.4 is 10.5 Å². The molecule has 0 aliphatic rings. The lowest BCUT2D eigenvalue weighted by Gasteiger charge is -2.20. The molecule has 1 aromatic heterocycles. The van der Waals surface area contributed by atoms with Crippen molar-refractivity contribution in [3.63, 3.8) is 0 Å². The third kappa shape index (κ3) is 6.00. The van der Waals surface area contributed by atoms with Gasteiger partial charge in [-0.15, -0.1) is 0 Å². The van der Waals surface area contributed by atoms with Crippen LogP contribution >= 0.6 is 0 Å². The SMILES string of the molecule is CC(Oc1ccc(-c2cnc([C@@](C)(N)CC(=O)O)[nH]2)cc1C(F)(F)F)c1ccc(-c2ccccc2)cc1. The number of nitrogens with zero attached hydrogens (tertiary/aromatic N) is 1. The van der Waals surface area contributed by atoms with Crippen LogP contribution in [0.2, 0.25) is 0 Å². The molecule has 0 saturated carbocycles. The van der Waals surface area contributed by atoms with Gasteiger partial charge >= 0.3 is 12.1 Å². The highest BCUT2D eigenvalue weighted by molar-refractivity contribution is 5.69. The fourth-order valence-corrected chi connectivity index (χ4v) is 4.01. The normalized spacial score (nSPS) is 14.1. The number of carboxylic acids is 1.